The van der Waals surface area contributed by atoms with Crippen LogP contribution in [0.3, 0.4) is 0 Å². The van der Waals surface area contributed by atoms with Crippen molar-refractivity contribution in [3.05, 3.63) is 64.7 Å². The summed E-state index contributed by atoms with van der Waals surface area (Å²) in [4.78, 5) is -0.321. The van der Waals surface area contributed by atoms with Gasteiger partial charge in [0.2, 0.25) is 5.60 Å². The summed E-state index contributed by atoms with van der Waals surface area (Å²) >= 11 is 0. The number of halogens is 3. The topological polar surface area (TPSA) is 43.4 Å². The molecule has 2 aromatic rings. The van der Waals surface area contributed by atoms with Gasteiger partial charge in [-0.25, -0.2) is 4.18 Å². The van der Waals surface area contributed by atoms with Crippen LogP contribution < -0.4 is 0 Å². The molecule has 0 aromatic heterocycles. The molecule has 0 N–H and O–H groups in total. The first kappa shape index (κ1) is 19.5. The molecule has 0 saturated carbocycles. The zero-order valence-corrected chi connectivity index (χ0v) is 15.1. The summed E-state index contributed by atoms with van der Waals surface area (Å²) in [7, 11) is -4.61. The molecule has 1 atom stereocenters. The van der Waals surface area contributed by atoms with Crippen molar-refractivity contribution in [2.75, 3.05) is 0 Å². The normalized spacial score (nSPS) is 15.0. The lowest BCUT2D eigenvalue weighted by Gasteiger charge is -2.32. The van der Waals surface area contributed by atoms with E-state index < -0.39 is 21.9 Å². The van der Waals surface area contributed by atoms with Gasteiger partial charge in [0, 0.05) is 0 Å². The monoisotopic (exact) mass is 372 g/mol. The van der Waals surface area contributed by atoms with Crippen LogP contribution in [0.5, 0.6) is 0 Å². The van der Waals surface area contributed by atoms with Crippen molar-refractivity contribution < 1.29 is 25.8 Å². The second kappa shape index (κ2) is 6.46. The molecule has 1 unspecified atom stereocenters. The highest BCUT2D eigenvalue weighted by Gasteiger charge is 2.56. The summed E-state index contributed by atoms with van der Waals surface area (Å²) in [5.74, 6) is 0. The van der Waals surface area contributed by atoms with E-state index in [2.05, 4.69) is 0 Å². The highest BCUT2D eigenvalue weighted by atomic mass is 32.2. The standard InChI is InChI=1S/C18H19F3O3S/c1-12-5-7-16(8-6-12)25(22,23)24-17(4,18(19,20)21)15-10-13(2)9-14(3)11-15/h5-11H,1-4H3. The molecule has 3 nitrogen and oxygen atoms in total. The number of hydrogen-bond acceptors (Lipinski definition) is 3. The van der Waals surface area contributed by atoms with E-state index >= 15 is 0 Å². The smallest absolute Gasteiger partial charge is 0.245 e. The van der Waals surface area contributed by atoms with Crippen LogP contribution in [0.2, 0.25) is 0 Å². The van der Waals surface area contributed by atoms with E-state index in [1.807, 2.05) is 0 Å². The fourth-order valence-corrected chi connectivity index (χ4v) is 3.68. The fraction of sp³-hybridized carbons (Fsp3) is 0.333. The molecular weight excluding hydrogens is 353 g/mol. The first-order valence-electron chi connectivity index (χ1n) is 7.53. The van der Waals surface area contributed by atoms with Gasteiger partial charge in [0.15, 0.2) is 0 Å². The Morgan fingerprint density at radius 2 is 1.32 bits per heavy atom. The van der Waals surface area contributed by atoms with Crippen LogP contribution >= 0.6 is 0 Å². The molecule has 0 saturated heterocycles. The Balaban J connectivity index is 2.57. The van der Waals surface area contributed by atoms with Gasteiger partial charge in [0.25, 0.3) is 10.1 Å². The molecule has 2 aromatic carbocycles. The first-order valence-corrected chi connectivity index (χ1v) is 8.94. The average molecular weight is 372 g/mol. The molecule has 0 aliphatic carbocycles. The maximum absolute atomic E-state index is 13.8. The third-order valence-corrected chi connectivity index (χ3v) is 5.30. The molecule has 0 fully saturated rings. The van der Waals surface area contributed by atoms with Crippen LogP contribution in [-0.4, -0.2) is 14.6 Å². The zero-order chi connectivity index (χ0) is 19.0. The van der Waals surface area contributed by atoms with Crippen LogP contribution in [-0.2, 0) is 19.9 Å². The quantitative estimate of drug-likeness (QED) is 0.725. The molecule has 0 radical (unpaired) electrons. The molecule has 136 valence electrons. The Kier molecular flexibility index (Phi) is 5.03. The minimum absolute atomic E-state index is 0.256. The molecule has 0 heterocycles. The molecular formula is C18H19F3O3S. The van der Waals surface area contributed by atoms with E-state index in [1.165, 1.54) is 36.4 Å². The summed E-state index contributed by atoms with van der Waals surface area (Å²) < 4.78 is 70.9. The molecule has 0 bridgehead atoms. The Labute approximate surface area is 145 Å². The summed E-state index contributed by atoms with van der Waals surface area (Å²) in [5, 5.41) is 0. The van der Waals surface area contributed by atoms with E-state index in [9.17, 15) is 21.6 Å². The van der Waals surface area contributed by atoms with E-state index in [4.69, 9.17) is 4.18 Å². The third-order valence-electron chi connectivity index (χ3n) is 3.90. The molecule has 0 amide bonds. The van der Waals surface area contributed by atoms with Crippen molar-refractivity contribution >= 4 is 10.1 Å². The predicted molar refractivity (Wildman–Crippen MR) is 88.8 cm³/mol. The second-order valence-corrected chi connectivity index (χ2v) is 7.80. The lowest BCUT2D eigenvalue weighted by molar-refractivity contribution is -0.246. The van der Waals surface area contributed by atoms with Crippen LogP contribution in [0.1, 0.15) is 29.2 Å². The van der Waals surface area contributed by atoms with Gasteiger partial charge in [0.1, 0.15) is 0 Å². The molecule has 0 aliphatic heterocycles. The number of benzene rings is 2. The molecule has 7 heteroatoms. The second-order valence-electron chi connectivity index (χ2n) is 6.26. The summed E-state index contributed by atoms with van der Waals surface area (Å²) in [6, 6.07) is 9.72. The minimum Gasteiger partial charge on any atom is -0.245 e. The highest BCUT2D eigenvalue weighted by molar-refractivity contribution is 7.86. The van der Waals surface area contributed by atoms with Crippen molar-refractivity contribution in [3.8, 4) is 0 Å². The lowest BCUT2D eigenvalue weighted by Crippen LogP contribution is -2.43. The summed E-state index contributed by atoms with van der Waals surface area (Å²) in [5.41, 5.74) is -1.29. The first-order chi connectivity index (χ1) is 11.3. The maximum atomic E-state index is 13.8. The van der Waals surface area contributed by atoms with Gasteiger partial charge in [-0.2, -0.15) is 21.6 Å². The van der Waals surface area contributed by atoms with E-state index in [0.717, 1.165) is 12.5 Å². The van der Waals surface area contributed by atoms with Crippen molar-refractivity contribution in [2.24, 2.45) is 0 Å². The molecule has 25 heavy (non-hydrogen) atoms. The number of hydrogen-bond donors (Lipinski definition) is 0. The van der Waals surface area contributed by atoms with Gasteiger partial charge in [0.05, 0.1) is 4.90 Å². The Morgan fingerprint density at radius 3 is 1.76 bits per heavy atom. The molecule has 0 spiro atoms. The predicted octanol–water partition coefficient (Wildman–Crippen LogP) is 4.79. The maximum Gasteiger partial charge on any atom is 0.422 e. The average Bonchev–Trinajstić information content (AvgIpc) is 2.45. The van der Waals surface area contributed by atoms with Crippen LogP contribution in [0.25, 0.3) is 0 Å². The lowest BCUT2D eigenvalue weighted by atomic mass is 9.92. The third kappa shape index (κ3) is 4.04. The van der Waals surface area contributed by atoms with Gasteiger partial charge in [-0.1, -0.05) is 47.0 Å². The minimum atomic E-state index is -4.93. The largest absolute Gasteiger partial charge is 0.422 e. The van der Waals surface area contributed by atoms with Gasteiger partial charge in [-0.05, 0) is 45.4 Å². The van der Waals surface area contributed by atoms with Crippen LogP contribution in [0.4, 0.5) is 13.2 Å². The zero-order valence-electron chi connectivity index (χ0n) is 14.3. The van der Waals surface area contributed by atoms with Gasteiger partial charge in [-0.15, -0.1) is 0 Å². The van der Waals surface area contributed by atoms with Gasteiger partial charge in [-0.3, -0.25) is 0 Å². The number of rotatable bonds is 4. The van der Waals surface area contributed by atoms with E-state index in [1.54, 1.807) is 26.8 Å². The Bertz CT molecular complexity index is 851. The number of aryl methyl sites for hydroxylation is 3. The van der Waals surface area contributed by atoms with Gasteiger partial charge < -0.3 is 0 Å². The van der Waals surface area contributed by atoms with Crippen molar-refractivity contribution in [3.63, 3.8) is 0 Å². The molecule has 0 aliphatic rings. The summed E-state index contributed by atoms with van der Waals surface area (Å²) in [6.07, 6.45) is -4.93. The Morgan fingerprint density at radius 1 is 0.840 bits per heavy atom. The van der Waals surface area contributed by atoms with Gasteiger partial charge >= 0.3 is 6.18 Å². The van der Waals surface area contributed by atoms with Crippen molar-refractivity contribution in [1.82, 2.24) is 0 Å². The summed E-state index contributed by atoms with van der Waals surface area (Å²) in [6.45, 7) is 5.75. The van der Waals surface area contributed by atoms with E-state index in [0.29, 0.717) is 11.1 Å². The Hall–Kier alpha value is -1.86. The van der Waals surface area contributed by atoms with E-state index in [-0.39, 0.29) is 10.5 Å². The van der Waals surface area contributed by atoms with Crippen molar-refractivity contribution in [2.45, 2.75) is 44.4 Å². The SMILES string of the molecule is Cc1ccc(S(=O)(=O)OC(C)(c2cc(C)cc(C)c2)C(F)(F)F)cc1. The van der Waals surface area contributed by atoms with Crippen LogP contribution in [0, 0.1) is 20.8 Å². The number of alkyl halides is 3. The molecule has 2 rings (SSSR count). The van der Waals surface area contributed by atoms with Crippen molar-refractivity contribution in [1.29, 1.82) is 0 Å². The highest BCUT2D eigenvalue weighted by Crippen LogP contribution is 2.44. The van der Waals surface area contributed by atoms with Crippen LogP contribution in [0.15, 0.2) is 47.4 Å². The fourth-order valence-electron chi connectivity index (χ4n) is 2.48.